The number of hydrogen-bond acceptors (Lipinski definition) is 2. The Kier molecular flexibility index (Phi) is 13.2. The van der Waals surface area contributed by atoms with Crippen molar-refractivity contribution in [1.82, 2.24) is 0 Å². The molecule has 0 aliphatic carbocycles. The number of sulfone groups is 1. The van der Waals surface area contributed by atoms with Crippen LogP contribution in [0.5, 0.6) is 0 Å². The number of allylic oxidation sites excluding steroid dienone is 1. The first-order valence-electron chi connectivity index (χ1n) is 11.0. The largest absolute Gasteiger partial charge is 0.224 e. The summed E-state index contributed by atoms with van der Waals surface area (Å²) < 4.78 is 24.6. The van der Waals surface area contributed by atoms with Gasteiger partial charge in [0.25, 0.3) is 0 Å². The molecule has 2 nitrogen and oxygen atoms in total. The summed E-state index contributed by atoms with van der Waals surface area (Å²) >= 11 is 0. The van der Waals surface area contributed by atoms with E-state index >= 15 is 0 Å². The minimum atomic E-state index is -3.14. The Morgan fingerprint density at radius 3 is 1.89 bits per heavy atom. The average Bonchev–Trinajstić information content (AvgIpc) is 2.67. The molecule has 0 radical (unpaired) electrons. The van der Waals surface area contributed by atoms with Crippen LogP contribution in [0.4, 0.5) is 0 Å². The maximum Gasteiger partial charge on any atom is 0.178 e. The van der Waals surface area contributed by atoms with E-state index in [-0.39, 0.29) is 5.75 Å². The highest BCUT2D eigenvalue weighted by molar-refractivity contribution is 7.91. The van der Waals surface area contributed by atoms with Crippen molar-refractivity contribution in [3.8, 4) is 0 Å². The molecule has 0 unspecified atom stereocenters. The van der Waals surface area contributed by atoms with Gasteiger partial charge in [-0.1, -0.05) is 82.9 Å². The molecule has 0 N–H and O–H groups in total. The van der Waals surface area contributed by atoms with Gasteiger partial charge >= 0.3 is 0 Å². The number of unbranched alkanes of at least 4 members (excludes halogenated alkanes) is 11. The van der Waals surface area contributed by atoms with Crippen LogP contribution >= 0.6 is 0 Å². The third kappa shape index (κ3) is 11.4. The Labute approximate surface area is 168 Å². The second kappa shape index (κ2) is 14.9. The summed E-state index contributed by atoms with van der Waals surface area (Å²) in [7, 11) is -3.14. The highest BCUT2D eigenvalue weighted by atomic mass is 32.2. The Morgan fingerprint density at radius 2 is 1.33 bits per heavy atom. The fraction of sp³-hybridized carbons (Fsp3) is 0.667. The van der Waals surface area contributed by atoms with Crippen molar-refractivity contribution in [2.24, 2.45) is 0 Å². The fourth-order valence-electron chi connectivity index (χ4n) is 3.38. The third-order valence-corrected chi connectivity index (χ3v) is 6.99. The zero-order chi connectivity index (χ0) is 19.8. The van der Waals surface area contributed by atoms with E-state index in [0.29, 0.717) is 11.3 Å². The third-order valence-electron chi connectivity index (χ3n) is 5.17. The van der Waals surface area contributed by atoms with Crippen LogP contribution < -0.4 is 0 Å². The molecule has 0 saturated carbocycles. The lowest BCUT2D eigenvalue weighted by Crippen LogP contribution is -2.06. The molecule has 0 heterocycles. The zero-order valence-corrected chi connectivity index (χ0v) is 18.2. The van der Waals surface area contributed by atoms with Gasteiger partial charge in [-0.15, -0.1) is 6.58 Å². The van der Waals surface area contributed by atoms with E-state index in [9.17, 15) is 8.42 Å². The van der Waals surface area contributed by atoms with E-state index in [2.05, 4.69) is 13.5 Å². The van der Waals surface area contributed by atoms with Crippen molar-refractivity contribution in [3.63, 3.8) is 0 Å². The van der Waals surface area contributed by atoms with E-state index < -0.39 is 9.84 Å². The van der Waals surface area contributed by atoms with Crippen molar-refractivity contribution in [3.05, 3.63) is 42.5 Å². The van der Waals surface area contributed by atoms with Gasteiger partial charge in [-0.05, 0) is 49.8 Å². The summed E-state index contributed by atoms with van der Waals surface area (Å²) in [6, 6.07) is 7.55. The van der Waals surface area contributed by atoms with Crippen molar-refractivity contribution in [2.45, 2.75) is 102 Å². The van der Waals surface area contributed by atoms with Gasteiger partial charge < -0.3 is 0 Å². The standard InChI is InChI=1S/C24H40O2S/c1-3-5-7-9-10-11-12-13-14-15-17-23-18-20-24(21-19-23)27(25,26)22-16-8-6-4-2/h4,18-21H,2-3,5-17,22H2,1H3. The van der Waals surface area contributed by atoms with Crippen molar-refractivity contribution < 1.29 is 8.42 Å². The second-order valence-corrected chi connectivity index (χ2v) is 9.79. The predicted octanol–water partition coefficient (Wildman–Crippen LogP) is 7.28. The first-order chi connectivity index (χ1) is 13.1. The molecule has 0 amide bonds. The number of benzene rings is 1. The first kappa shape index (κ1) is 23.9. The lowest BCUT2D eigenvalue weighted by atomic mass is 10.0. The SMILES string of the molecule is C=CCCCCS(=O)(=O)c1ccc(CCCCCCCCCCCC)cc1. The summed E-state index contributed by atoms with van der Waals surface area (Å²) in [5.41, 5.74) is 1.25. The van der Waals surface area contributed by atoms with Crippen molar-refractivity contribution in [2.75, 3.05) is 5.75 Å². The number of hydrogen-bond donors (Lipinski definition) is 0. The molecule has 0 aliphatic rings. The van der Waals surface area contributed by atoms with Gasteiger partial charge in [0.1, 0.15) is 0 Å². The molecule has 0 aliphatic heterocycles. The summed E-state index contributed by atoms with van der Waals surface area (Å²) in [5, 5.41) is 0. The minimum Gasteiger partial charge on any atom is -0.224 e. The molecule has 27 heavy (non-hydrogen) atoms. The molecule has 0 atom stereocenters. The lowest BCUT2D eigenvalue weighted by molar-refractivity contribution is 0.556. The van der Waals surface area contributed by atoms with Crippen LogP contribution in [0.15, 0.2) is 41.8 Å². The van der Waals surface area contributed by atoms with Gasteiger partial charge in [0, 0.05) is 0 Å². The van der Waals surface area contributed by atoms with Crippen LogP contribution in [-0.2, 0) is 16.3 Å². The molecule has 3 heteroatoms. The summed E-state index contributed by atoms with van der Waals surface area (Å²) in [6.07, 6.45) is 18.8. The van der Waals surface area contributed by atoms with Crippen molar-refractivity contribution in [1.29, 1.82) is 0 Å². The average molecular weight is 393 g/mol. The van der Waals surface area contributed by atoms with Crippen LogP contribution in [0.2, 0.25) is 0 Å². The predicted molar refractivity (Wildman–Crippen MR) is 118 cm³/mol. The minimum absolute atomic E-state index is 0.235. The Bertz CT molecular complexity index is 587. The maximum atomic E-state index is 12.3. The molecule has 0 saturated heterocycles. The molecule has 0 bridgehead atoms. The molecule has 0 fully saturated rings. The van der Waals surface area contributed by atoms with Crippen LogP contribution in [0.1, 0.15) is 96.0 Å². The van der Waals surface area contributed by atoms with Crippen LogP contribution in [-0.4, -0.2) is 14.2 Å². The topological polar surface area (TPSA) is 34.1 Å². The van der Waals surface area contributed by atoms with Gasteiger partial charge in [0.2, 0.25) is 0 Å². The zero-order valence-electron chi connectivity index (χ0n) is 17.4. The summed E-state index contributed by atoms with van der Waals surface area (Å²) in [4.78, 5) is 0.466. The molecule has 1 aromatic rings. The number of aryl methyl sites for hydroxylation is 1. The van der Waals surface area contributed by atoms with Gasteiger partial charge in [0.05, 0.1) is 10.6 Å². The first-order valence-corrected chi connectivity index (χ1v) is 12.7. The van der Waals surface area contributed by atoms with Crippen LogP contribution in [0, 0.1) is 0 Å². The van der Waals surface area contributed by atoms with E-state index in [1.165, 1.54) is 69.8 Å². The number of rotatable bonds is 17. The molecule has 1 aromatic carbocycles. The van der Waals surface area contributed by atoms with Gasteiger partial charge in [-0.2, -0.15) is 0 Å². The van der Waals surface area contributed by atoms with E-state index in [1.54, 1.807) is 12.1 Å². The Balaban J connectivity index is 2.18. The Morgan fingerprint density at radius 1 is 0.778 bits per heavy atom. The highest BCUT2D eigenvalue weighted by Gasteiger charge is 2.13. The van der Waals surface area contributed by atoms with Crippen LogP contribution in [0.25, 0.3) is 0 Å². The molecule has 1 rings (SSSR count). The van der Waals surface area contributed by atoms with E-state index in [4.69, 9.17) is 0 Å². The molecule has 154 valence electrons. The van der Waals surface area contributed by atoms with Gasteiger partial charge in [0.15, 0.2) is 9.84 Å². The van der Waals surface area contributed by atoms with Crippen LogP contribution in [0.3, 0.4) is 0 Å². The van der Waals surface area contributed by atoms with E-state index in [0.717, 1.165) is 19.3 Å². The maximum absolute atomic E-state index is 12.3. The quantitative estimate of drug-likeness (QED) is 0.206. The summed E-state index contributed by atoms with van der Waals surface area (Å²) in [5.74, 6) is 0.235. The molecule has 0 aromatic heterocycles. The lowest BCUT2D eigenvalue weighted by Gasteiger charge is -2.06. The summed E-state index contributed by atoms with van der Waals surface area (Å²) in [6.45, 7) is 5.93. The van der Waals surface area contributed by atoms with Crippen molar-refractivity contribution >= 4 is 9.84 Å². The Hall–Kier alpha value is -1.09. The molecular weight excluding hydrogens is 352 g/mol. The fourth-order valence-corrected chi connectivity index (χ4v) is 4.75. The molecule has 0 spiro atoms. The normalized spacial score (nSPS) is 11.6. The van der Waals surface area contributed by atoms with E-state index in [1.807, 2.05) is 18.2 Å². The monoisotopic (exact) mass is 392 g/mol. The highest BCUT2D eigenvalue weighted by Crippen LogP contribution is 2.17. The van der Waals surface area contributed by atoms with Gasteiger partial charge in [-0.25, -0.2) is 8.42 Å². The van der Waals surface area contributed by atoms with Gasteiger partial charge in [-0.3, -0.25) is 0 Å². The molecular formula is C24H40O2S. The second-order valence-electron chi connectivity index (χ2n) is 7.68. The smallest absolute Gasteiger partial charge is 0.178 e.